The van der Waals surface area contributed by atoms with Crippen LogP contribution in [0.25, 0.3) is 33.4 Å². The van der Waals surface area contributed by atoms with E-state index in [0.29, 0.717) is 0 Å². The number of fused-ring (bicyclic) bond motifs is 2. The van der Waals surface area contributed by atoms with Gasteiger partial charge in [-0.25, -0.2) is 0 Å². The number of hydrogen-bond acceptors (Lipinski definition) is 0. The fourth-order valence-corrected chi connectivity index (χ4v) is 11.2. The summed E-state index contributed by atoms with van der Waals surface area (Å²) in [6.45, 7) is 8.88. The molecule has 0 unspecified atom stereocenters. The molecule has 4 aromatic rings. The van der Waals surface area contributed by atoms with E-state index in [-0.39, 0.29) is 26.2 Å². The molecule has 6 rings (SSSR count). The van der Waals surface area contributed by atoms with Crippen LogP contribution in [-0.2, 0) is 35.2 Å². The zero-order chi connectivity index (χ0) is 25.9. The topological polar surface area (TPSA) is 0 Å². The van der Waals surface area contributed by atoms with Crippen molar-refractivity contribution in [3.63, 3.8) is 0 Å². The Morgan fingerprint density at radius 2 is 0.868 bits per heavy atom. The SMILES string of the molecule is CC1=C(C)[C@](Cl)([SiH2][C@@]2(Cl)C(C)=C(C)c3c(-c4ccccc4)cccc32)c2cccc(-c3ccccc3)c21.[Zr]. The quantitative estimate of drug-likeness (QED) is 0.156. The van der Waals surface area contributed by atoms with Crippen LogP contribution in [0.4, 0.5) is 0 Å². The van der Waals surface area contributed by atoms with E-state index < -0.39 is 18.5 Å². The third-order valence-electron chi connectivity index (χ3n) is 8.70. The third-order valence-corrected chi connectivity index (χ3v) is 13.3. The minimum absolute atomic E-state index is 0. The number of rotatable bonds is 4. The van der Waals surface area contributed by atoms with Crippen LogP contribution in [0.1, 0.15) is 49.9 Å². The van der Waals surface area contributed by atoms with Gasteiger partial charge in [-0.3, -0.25) is 0 Å². The Bertz CT molecular complexity index is 1490. The predicted molar refractivity (Wildman–Crippen MR) is 164 cm³/mol. The molecular weight excluding hydrogens is 599 g/mol. The predicted octanol–water partition coefficient (Wildman–Crippen LogP) is 9.28. The van der Waals surface area contributed by atoms with E-state index in [0.717, 1.165) is 0 Å². The molecule has 2 aliphatic rings. The number of allylic oxidation sites excluding steroid dienone is 4. The van der Waals surface area contributed by atoms with E-state index in [2.05, 4.69) is 125 Å². The zero-order valence-corrected chi connectivity index (χ0v) is 27.6. The molecule has 188 valence electrons. The molecule has 0 saturated carbocycles. The molecule has 0 heterocycles. The molecule has 0 saturated heterocycles. The van der Waals surface area contributed by atoms with Crippen molar-refractivity contribution < 1.29 is 26.2 Å². The van der Waals surface area contributed by atoms with E-state index in [1.54, 1.807) is 0 Å². The maximum atomic E-state index is 7.81. The molecule has 0 bridgehead atoms. The van der Waals surface area contributed by atoms with Crippen molar-refractivity contribution in [2.45, 2.75) is 36.7 Å². The monoisotopic (exact) mass is 626 g/mol. The summed E-state index contributed by atoms with van der Waals surface area (Å²) in [4.78, 5) is 0. The zero-order valence-electron chi connectivity index (χ0n) is 22.2. The summed E-state index contributed by atoms with van der Waals surface area (Å²) in [5.74, 6) is 0. The number of hydrogen-bond donors (Lipinski definition) is 0. The van der Waals surface area contributed by atoms with E-state index in [4.69, 9.17) is 23.2 Å². The Hall–Kier alpha value is -1.96. The average molecular weight is 629 g/mol. The Morgan fingerprint density at radius 3 is 1.24 bits per heavy atom. The minimum atomic E-state index is -1.18. The van der Waals surface area contributed by atoms with Crippen molar-refractivity contribution >= 4 is 43.9 Å². The average Bonchev–Trinajstić information content (AvgIpc) is 3.25. The first kappa shape index (κ1) is 27.6. The van der Waals surface area contributed by atoms with Crippen molar-refractivity contribution in [2.75, 3.05) is 0 Å². The Kier molecular flexibility index (Phi) is 7.42. The molecule has 0 amide bonds. The second-order valence-electron chi connectivity index (χ2n) is 10.5. The van der Waals surface area contributed by atoms with Crippen molar-refractivity contribution in [1.29, 1.82) is 0 Å². The Balaban J connectivity index is 0.00000294. The van der Waals surface area contributed by atoms with Gasteiger partial charge in [0.25, 0.3) is 0 Å². The van der Waals surface area contributed by atoms with Gasteiger partial charge in [-0.2, -0.15) is 0 Å². The smallest absolute Gasteiger partial charge is 0.0923 e. The van der Waals surface area contributed by atoms with Crippen molar-refractivity contribution in [3.05, 3.63) is 130 Å². The Labute approximate surface area is 257 Å². The maximum Gasteiger partial charge on any atom is 0.0923 e. The summed E-state index contributed by atoms with van der Waals surface area (Å²) < 4.78 is -1.12. The molecule has 0 radical (unpaired) electrons. The van der Waals surface area contributed by atoms with E-state index in [1.165, 1.54) is 66.8 Å². The summed E-state index contributed by atoms with van der Waals surface area (Å²) >= 11 is 15.6. The van der Waals surface area contributed by atoms with Gasteiger partial charge >= 0.3 is 0 Å². The largest absolute Gasteiger partial charge is 0.114 e. The molecule has 0 fully saturated rings. The van der Waals surface area contributed by atoms with Gasteiger partial charge in [0, 0.05) is 26.2 Å². The van der Waals surface area contributed by atoms with Crippen LogP contribution in [0.15, 0.2) is 108 Å². The first-order chi connectivity index (χ1) is 17.8. The number of alkyl halides is 2. The molecular formula is C34H30Cl2SiZr. The molecule has 2 aliphatic carbocycles. The van der Waals surface area contributed by atoms with Gasteiger partial charge in [-0.1, -0.05) is 97.1 Å². The van der Waals surface area contributed by atoms with E-state index >= 15 is 0 Å². The van der Waals surface area contributed by atoms with Crippen LogP contribution in [-0.4, -0.2) is 9.52 Å². The van der Waals surface area contributed by atoms with Gasteiger partial charge in [0.1, 0.15) is 0 Å². The van der Waals surface area contributed by atoms with Gasteiger partial charge in [0.05, 0.1) is 18.5 Å². The number of halogens is 2. The van der Waals surface area contributed by atoms with Gasteiger partial charge in [-0.15, -0.1) is 23.2 Å². The van der Waals surface area contributed by atoms with Crippen LogP contribution >= 0.6 is 23.2 Å². The Morgan fingerprint density at radius 1 is 0.500 bits per heavy atom. The van der Waals surface area contributed by atoms with Crippen LogP contribution in [0, 0.1) is 0 Å². The summed E-state index contributed by atoms with van der Waals surface area (Å²) in [7, 11) is -1.18. The molecule has 0 aromatic heterocycles. The third kappa shape index (κ3) is 4.03. The summed E-state index contributed by atoms with van der Waals surface area (Å²) in [5, 5.41) is 0. The normalized spacial score (nSPS) is 21.8. The molecule has 0 nitrogen and oxygen atoms in total. The minimum Gasteiger partial charge on any atom is -0.114 e. The van der Waals surface area contributed by atoms with E-state index in [9.17, 15) is 0 Å². The maximum absolute atomic E-state index is 7.81. The number of benzene rings is 4. The first-order valence-corrected chi connectivity index (χ1v) is 15.1. The molecule has 0 spiro atoms. The molecule has 0 aliphatic heterocycles. The first-order valence-electron chi connectivity index (χ1n) is 12.9. The van der Waals surface area contributed by atoms with Crippen molar-refractivity contribution in [3.8, 4) is 22.3 Å². The van der Waals surface area contributed by atoms with Crippen LogP contribution in [0.3, 0.4) is 0 Å². The van der Waals surface area contributed by atoms with Crippen LogP contribution in [0.2, 0.25) is 0 Å². The summed E-state index contributed by atoms with van der Waals surface area (Å²) in [6.07, 6.45) is 0. The molecule has 4 aromatic carbocycles. The molecule has 0 N–H and O–H groups in total. The van der Waals surface area contributed by atoms with E-state index in [1.807, 2.05) is 0 Å². The van der Waals surface area contributed by atoms with Gasteiger partial charge in [0.2, 0.25) is 0 Å². The molecule has 4 heteroatoms. The fourth-order valence-electron chi connectivity index (χ4n) is 6.45. The summed E-state index contributed by atoms with van der Waals surface area (Å²) in [6, 6.07) is 34.5. The van der Waals surface area contributed by atoms with Gasteiger partial charge < -0.3 is 0 Å². The standard InChI is InChI=1S/C34H30Cl2Si.Zr/c1-21-23(3)33(35,29-19-11-17-27(31(21)29)25-13-7-5-8-14-25)37-34(36)24(4)22(2)32-28(18-12-20-30(32)34)26-15-9-6-10-16-26;/h5-20H,37H2,1-4H3;/t33-,34-;/m0./s1. The van der Waals surface area contributed by atoms with Crippen LogP contribution in [0.5, 0.6) is 0 Å². The van der Waals surface area contributed by atoms with Crippen molar-refractivity contribution in [2.24, 2.45) is 0 Å². The van der Waals surface area contributed by atoms with Gasteiger partial charge in [0.15, 0.2) is 0 Å². The van der Waals surface area contributed by atoms with Crippen molar-refractivity contribution in [1.82, 2.24) is 0 Å². The van der Waals surface area contributed by atoms with Crippen LogP contribution < -0.4 is 0 Å². The molecule has 2 atom stereocenters. The molecule has 38 heavy (non-hydrogen) atoms. The second kappa shape index (κ2) is 10.2. The fraction of sp³-hybridized carbons (Fsp3) is 0.176. The second-order valence-corrected chi connectivity index (χ2v) is 15.1. The summed E-state index contributed by atoms with van der Waals surface area (Å²) in [5.41, 5.74) is 15.0. The van der Waals surface area contributed by atoms with Gasteiger partial charge in [-0.05, 0) is 94.5 Å².